The van der Waals surface area contributed by atoms with E-state index in [1.165, 1.54) is 0 Å². The summed E-state index contributed by atoms with van der Waals surface area (Å²) in [6, 6.07) is 5.17. The zero-order chi connectivity index (χ0) is 14.0. The second-order valence-electron chi connectivity index (χ2n) is 5.26. The van der Waals surface area contributed by atoms with Gasteiger partial charge in [0.15, 0.2) is 0 Å². The SMILES string of the molecule is CC(C)C1(C(=O)NCc2cc(Br)ccc2O)COC1. The van der Waals surface area contributed by atoms with Crippen LogP contribution in [0, 0.1) is 11.3 Å². The van der Waals surface area contributed by atoms with E-state index in [0.717, 1.165) is 4.47 Å². The summed E-state index contributed by atoms with van der Waals surface area (Å²) in [4.78, 5) is 12.3. The van der Waals surface area contributed by atoms with Crippen LogP contribution in [0.5, 0.6) is 5.75 Å². The summed E-state index contributed by atoms with van der Waals surface area (Å²) in [6.45, 7) is 5.32. The minimum atomic E-state index is -0.415. The van der Waals surface area contributed by atoms with Crippen LogP contribution in [0.1, 0.15) is 19.4 Å². The maximum absolute atomic E-state index is 12.3. The lowest BCUT2D eigenvalue weighted by Crippen LogP contribution is -2.57. The smallest absolute Gasteiger partial charge is 0.231 e. The van der Waals surface area contributed by atoms with Crippen LogP contribution in [0.2, 0.25) is 0 Å². The van der Waals surface area contributed by atoms with Crippen LogP contribution >= 0.6 is 15.9 Å². The molecule has 1 heterocycles. The number of carbonyl (C=O) groups is 1. The number of amides is 1. The Hall–Kier alpha value is -1.07. The largest absolute Gasteiger partial charge is 0.508 e. The Bertz CT molecular complexity index is 484. The molecule has 1 aromatic carbocycles. The molecule has 1 amide bonds. The zero-order valence-electron chi connectivity index (χ0n) is 11.1. The van der Waals surface area contributed by atoms with Gasteiger partial charge in [0.1, 0.15) is 5.75 Å². The molecule has 0 saturated carbocycles. The number of rotatable bonds is 4. The van der Waals surface area contributed by atoms with Crippen molar-refractivity contribution in [2.24, 2.45) is 11.3 Å². The van der Waals surface area contributed by atoms with Crippen LogP contribution in [0.4, 0.5) is 0 Å². The summed E-state index contributed by atoms with van der Waals surface area (Å²) in [7, 11) is 0. The first-order valence-corrected chi connectivity index (χ1v) is 7.08. The first kappa shape index (κ1) is 14.3. The van der Waals surface area contributed by atoms with Gasteiger partial charge >= 0.3 is 0 Å². The lowest BCUT2D eigenvalue weighted by atomic mass is 9.74. The molecule has 0 bridgehead atoms. The molecule has 104 valence electrons. The van der Waals surface area contributed by atoms with Gasteiger partial charge in [0, 0.05) is 16.6 Å². The minimum Gasteiger partial charge on any atom is -0.508 e. The van der Waals surface area contributed by atoms with Crippen molar-refractivity contribution in [3.05, 3.63) is 28.2 Å². The molecule has 5 heteroatoms. The van der Waals surface area contributed by atoms with E-state index >= 15 is 0 Å². The fraction of sp³-hybridized carbons (Fsp3) is 0.500. The average Bonchev–Trinajstić information content (AvgIpc) is 2.28. The number of phenols is 1. The number of benzene rings is 1. The fourth-order valence-corrected chi connectivity index (χ4v) is 2.50. The third kappa shape index (κ3) is 2.77. The van der Waals surface area contributed by atoms with Gasteiger partial charge in [-0.05, 0) is 24.1 Å². The summed E-state index contributed by atoms with van der Waals surface area (Å²) in [5.41, 5.74) is 0.281. The first-order chi connectivity index (χ1) is 8.95. The Morgan fingerprint density at radius 3 is 2.74 bits per heavy atom. The van der Waals surface area contributed by atoms with Crippen molar-refractivity contribution in [3.8, 4) is 5.75 Å². The van der Waals surface area contributed by atoms with Crippen LogP contribution in [0.3, 0.4) is 0 Å². The summed E-state index contributed by atoms with van der Waals surface area (Å²) in [5, 5.41) is 12.6. The Morgan fingerprint density at radius 2 is 2.21 bits per heavy atom. The van der Waals surface area contributed by atoms with E-state index in [-0.39, 0.29) is 17.6 Å². The molecule has 1 aliphatic rings. The highest BCUT2D eigenvalue weighted by Gasteiger charge is 2.48. The first-order valence-electron chi connectivity index (χ1n) is 6.29. The molecule has 19 heavy (non-hydrogen) atoms. The fourth-order valence-electron chi connectivity index (χ4n) is 2.10. The van der Waals surface area contributed by atoms with E-state index in [1.807, 2.05) is 13.8 Å². The van der Waals surface area contributed by atoms with Gasteiger partial charge in [-0.1, -0.05) is 29.8 Å². The molecule has 0 aliphatic carbocycles. The molecule has 4 nitrogen and oxygen atoms in total. The van der Waals surface area contributed by atoms with E-state index in [9.17, 15) is 9.90 Å². The Balaban J connectivity index is 2.02. The number of hydrogen-bond acceptors (Lipinski definition) is 3. The van der Waals surface area contributed by atoms with E-state index < -0.39 is 5.41 Å². The summed E-state index contributed by atoms with van der Waals surface area (Å²) in [6.07, 6.45) is 0. The Labute approximate surface area is 121 Å². The van der Waals surface area contributed by atoms with Crippen molar-refractivity contribution in [3.63, 3.8) is 0 Å². The van der Waals surface area contributed by atoms with Gasteiger partial charge in [-0.2, -0.15) is 0 Å². The molecule has 0 radical (unpaired) electrons. The molecule has 1 saturated heterocycles. The molecule has 2 rings (SSSR count). The highest BCUT2D eigenvalue weighted by atomic mass is 79.9. The predicted octanol–water partition coefficient (Wildman–Crippen LogP) is 2.44. The lowest BCUT2D eigenvalue weighted by Gasteiger charge is -2.43. The quantitative estimate of drug-likeness (QED) is 0.893. The van der Waals surface area contributed by atoms with Crippen LogP contribution < -0.4 is 5.32 Å². The molecule has 0 atom stereocenters. The van der Waals surface area contributed by atoms with E-state index in [0.29, 0.717) is 25.3 Å². The predicted molar refractivity (Wildman–Crippen MR) is 75.7 cm³/mol. The van der Waals surface area contributed by atoms with Gasteiger partial charge in [-0.15, -0.1) is 0 Å². The number of ether oxygens (including phenoxy) is 1. The molecular formula is C14H18BrNO3. The summed E-state index contributed by atoms with van der Waals surface area (Å²) < 4.78 is 6.07. The minimum absolute atomic E-state index is 0.00637. The molecule has 1 aromatic rings. The van der Waals surface area contributed by atoms with Gasteiger partial charge in [0.25, 0.3) is 0 Å². The maximum Gasteiger partial charge on any atom is 0.231 e. The van der Waals surface area contributed by atoms with Crippen molar-refractivity contribution in [1.82, 2.24) is 5.32 Å². The van der Waals surface area contributed by atoms with Gasteiger partial charge in [-0.25, -0.2) is 0 Å². The monoisotopic (exact) mass is 327 g/mol. The summed E-state index contributed by atoms with van der Waals surface area (Å²) >= 11 is 3.35. The van der Waals surface area contributed by atoms with Crippen LogP contribution in [0.25, 0.3) is 0 Å². The van der Waals surface area contributed by atoms with Crippen LogP contribution in [0.15, 0.2) is 22.7 Å². The highest BCUT2D eigenvalue weighted by Crippen LogP contribution is 2.36. The molecule has 0 unspecified atom stereocenters. The standard InChI is InChI=1S/C14H18BrNO3/c1-9(2)14(7-19-8-14)13(18)16-6-10-5-11(15)3-4-12(10)17/h3-5,9,17H,6-8H2,1-2H3,(H,16,18). The number of nitrogens with one attached hydrogen (secondary N) is 1. The lowest BCUT2D eigenvalue weighted by molar-refractivity contribution is -0.171. The van der Waals surface area contributed by atoms with Crippen molar-refractivity contribution in [2.45, 2.75) is 20.4 Å². The van der Waals surface area contributed by atoms with E-state index in [1.54, 1.807) is 18.2 Å². The van der Waals surface area contributed by atoms with Gasteiger partial charge in [0.2, 0.25) is 5.91 Å². The second-order valence-corrected chi connectivity index (χ2v) is 6.18. The molecule has 1 fully saturated rings. The van der Waals surface area contributed by atoms with Gasteiger partial charge in [-0.3, -0.25) is 4.79 Å². The molecule has 2 N–H and O–H groups in total. The van der Waals surface area contributed by atoms with E-state index in [4.69, 9.17) is 4.74 Å². The third-order valence-electron chi connectivity index (χ3n) is 3.76. The zero-order valence-corrected chi connectivity index (χ0v) is 12.7. The molecule has 0 aromatic heterocycles. The third-order valence-corrected chi connectivity index (χ3v) is 4.25. The number of hydrogen-bond donors (Lipinski definition) is 2. The normalized spacial score (nSPS) is 17.1. The van der Waals surface area contributed by atoms with Crippen molar-refractivity contribution >= 4 is 21.8 Å². The highest BCUT2D eigenvalue weighted by molar-refractivity contribution is 9.10. The van der Waals surface area contributed by atoms with Gasteiger partial charge in [0.05, 0.1) is 18.6 Å². The topological polar surface area (TPSA) is 58.6 Å². The molecular weight excluding hydrogens is 310 g/mol. The van der Waals surface area contributed by atoms with Crippen molar-refractivity contribution in [1.29, 1.82) is 0 Å². The molecule has 0 spiro atoms. The number of aromatic hydroxyl groups is 1. The van der Waals surface area contributed by atoms with Gasteiger partial charge < -0.3 is 15.2 Å². The maximum atomic E-state index is 12.3. The average molecular weight is 328 g/mol. The van der Waals surface area contributed by atoms with Crippen LogP contribution in [-0.4, -0.2) is 24.2 Å². The number of carbonyl (C=O) groups excluding carboxylic acids is 1. The Morgan fingerprint density at radius 1 is 1.53 bits per heavy atom. The van der Waals surface area contributed by atoms with E-state index in [2.05, 4.69) is 21.2 Å². The molecule has 1 aliphatic heterocycles. The number of halogens is 1. The van der Waals surface area contributed by atoms with Crippen LogP contribution in [-0.2, 0) is 16.1 Å². The summed E-state index contributed by atoms with van der Waals surface area (Å²) in [5.74, 6) is 0.414. The number of phenolic OH excluding ortho intramolecular Hbond substituents is 1. The second kappa shape index (κ2) is 5.51. The van der Waals surface area contributed by atoms with Crippen molar-refractivity contribution < 1.29 is 14.6 Å². The Kier molecular flexibility index (Phi) is 4.16. The van der Waals surface area contributed by atoms with Crippen molar-refractivity contribution in [2.75, 3.05) is 13.2 Å².